The number of ether oxygens (including phenoxy) is 1. The summed E-state index contributed by atoms with van der Waals surface area (Å²) in [5, 5.41) is 8.33. The Morgan fingerprint density at radius 1 is 1.12 bits per heavy atom. The number of methoxy groups -OCH3 is 1. The van der Waals surface area contributed by atoms with Crippen molar-refractivity contribution in [2.45, 2.75) is 6.92 Å². The van der Waals surface area contributed by atoms with Crippen LogP contribution in [0.5, 0.6) is 5.75 Å². The van der Waals surface area contributed by atoms with E-state index < -0.39 is 0 Å². The Hall–Kier alpha value is -2.37. The van der Waals surface area contributed by atoms with E-state index in [1.165, 1.54) is 0 Å². The molecule has 2 N–H and O–H groups in total. The molecule has 0 aromatic heterocycles. The third-order valence-electron chi connectivity index (χ3n) is 3.07. The van der Waals surface area contributed by atoms with Gasteiger partial charge in [-0.3, -0.25) is 5.43 Å². The van der Waals surface area contributed by atoms with Crippen molar-refractivity contribution in [3.8, 4) is 5.75 Å². The molecule has 0 radical (unpaired) electrons. The summed E-state index contributed by atoms with van der Waals surface area (Å²) in [6.07, 6.45) is 3.87. The Balaban J connectivity index is 1.86. The van der Waals surface area contributed by atoms with Gasteiger partial charge in [-0.05, 0) is 67.2 Å². The standard InChI is InChI=1S/C18H18ClN3OS/c1-13(3-4-14-5-11-17(23-2)12-6-14)21-22-18(24)20-16-9-7-15(19)8-10-16/h3-12H,1-2H3,(H2,20,22,24)/b4-3?,21-13+. The average Bonchev–Trinajstić information content (AvgIpc) is 2.60. The van der Waals surface area contributed by atoms with E-state index in [1.807, 2.05) is 55.5 Å². The van der Waals surface area contributed by atoms with Crippen molar-refractivity contribution in [2.75, 3.05) is 12.4 Å². The predicted molar refractivity (Wildman–Crippen MR) is 106 cm³/mol. The Morgan fingerprint density at radius 2 is 1.79 bits per heavy atom. The molecule has 2 aromatic rings. The van der Waals surface area contributed by atoms with Crippen LogP contribution < -0.4 is 15.5 Å². The Morgan fingerprint density at radius 3 is 2.42 bits per heavy atom. The maximum atomic E-state index is 5.84. The van der Waals surface area contributed by atoms with Gasteiger partial charge in [-0.1, -0.05) is 29.8 Å². The van der Waals surface area contributed by atoms with Crippen LogP contribution in [0.4, 0.5) is 5.69 Å². The van der Waals surface area contributed by atoms with Crippen LogP contribution in [-0.4, -0.2) is 17.9 Å². The summed E-state index contributed by atoms with van der Waals surface area (Å²) in [6.45, 7) is 1.89. The maximum Gasteiger partial charge on any atom is 0.191 e. The van der Waals surface area contributed by atoms with E-state index >= 15 is 0 Å². The molecule has 0 heterocycles. The number of anilines is 1. The van der Waals surface area contributed by atoms with Crippen LogP contribution in [0, 0.1) is 0 Å². The summed E-state index contributed by atoms with van der Waals surface area (Å²) in [5.74, 6) is 0.831. The molecule has 0 aliphatic heterocycles. The number of nitrogens with zero attached hydrogens (tertiary/aromatic N) is 1. The van der Waals surface area contributed by atoms with Crippen molar-refractivity contribution in [3.63, 3.8) is 0 Å². The zero-order valence-corrected chi connectivity index (χ0v) is 15.0. The molecule has 0 atom stereocenters. The fourth-order valence-corrected chi connectivity index (χ4v) is 2.09. The molecule has 0 aliphatic carbocycles. The highest BCUT2D eigenvalue weighted by atomic mass is 35.5. The van der Waals surface area contributed by atoms with Crippen LogP contribution >= 0.6 is 23.8 Å². The van der Waals surface area contributed by atoms with Gasteiger partial charge in [0.15, 0.2) is 5.11 Å². The molecule has 0 saturated carbocycles. The van der Waals surface area contributed by atoms with Gasteiger partial charge in [0, 0.05) is 10.7 Å². The normalized spacial score (nSPS) is 11.4. The maximum absolute atomic E-state index is 5.84. The Labute approximate surface area is 152 Å². The van der Waals surface area contributed by atoms with E-state index in [9.17, 15) is 0 Å². The molecule has 0 fully saturated rings. The van der Waals surface area contributed by atoms with E-state index in [2.05, 4.69) is 15.8 Å². The molecule has 0 unspecified atom stereocenters. The van der Waals surface area contributed by atoms with Crippen LogP contribution in [0.15, 0.2) is 59.7 Å². The average molecular weight is 360 g/mol. The lowest BCUT2D eigenvalue weighted by Crippen LogP contribution is -2.24. The highest BCUT2D eigenvalue weighted by Crippen LogP contribution is 2.13. The third kappa shape index (κ3) is 6.02. The van der Waals surface area contributed by atoms with E-state index in [0.29, 0.717) is 10.1 Å². The highest BCUT2D eigenvalue weighted by molar-refractivity contribution is 7.80. The molecule has 0 bridgehead atoms. The smallest absolute Gasteiger partial charge is 0.191 e. The summed E-state index contributed by atoms with van der Waals surface area (Å²) in [6, 6.07) is 15.0. The monoisotopic (exact) mass is 359 g/mol. The predicted octanol–water partition coefficient (Wildman–Crippen LogP) is 4.72. The van der Waals surface area contributed by atoms with Crippen molar-refractivity contribution in [1.29, 1.82) is 0 Å². The number of hydrogen-bond acceptors (Lipinski definition) is 3. The highest BCUT2D eigenvalue weighted by Gasteiger charge is 1.96. The number of allylic oxidation sites excluding steroid dienone is 1. The van der Waals surface area contributed by atoms with Crippen molar-refractivity contribution in [3.05, 3.63) is 65.2 Å². The van der Waals surface area contributed by atoms with E-state index in [-0.39, 0.29) is 0 Å². The molecule has 0 spiro atoms. The van der Waals surface area contributed by atoms with Crippen molar-refractivity contribution >= 4 is 46.4 Å². The van der Waals surface area contributed by atoms with Crippen LogP contribution in [0.3, 0.4) is 0 Å². The second-order valence-corrected chi connectivity index (χ2v) is 5.78. The van der Waals surface area contributed by atoms with Gasteiger partial charge in [0.2, 0.25) is 0 Å². The molecule has 0 aliphatic rings. The number of thiocarbonyl (C=S) groups is 1. The van der Waals surface area contributed by atoms with E-state index in [0.717, 1.165) is 22.7 Å². The first-order valence-corrected chi connectivity index (χ1v) is 8.04. The first-order valence-electron chi connectivity index (χ1n) is 7.26. The second kappa shape index (κ2) is 9.05. The SMILES string of the molecule is COc1ccc(C=C/C(C)=N/NC(=S)Nc2ccc(Cl)cc2)cc1. The van der Waals surface area contributed by atoms with Crippen LogP contribution in [-0.2, 0) is 0 Å². The third-order valence-corrected chi connectivity index (χ3v) is 3.51. The molecule has 0 amide bonds. The van der Waals surface area contributed by atoms with Crippen molar-refractivity contribution in [2.24, 2.45) is 5.10 Å². The van der Waals surface area contributed by atoms with Gasteiger partial charge in [0.05, 0.1) is 12.8 Å². The zero-order valence-electron chi connectivity index (χ0n) is 13.4. The Kier molecular flexibility index (Phi) is 6.78. The molecule has 6 heteroatoms. The van der Waals surface area contributed by atoms with Gasteiger partial charge in [0.1, 0.15) is 5.75 Å². The second-order valence-electron chi connectivity index (χ2n) is 4.93. The quantitative estimate of drug-likeness (QED) is 0.460. The van der Waals surface area contributed by atoms with Gasteiger partial charge in [-0.15, -0.1) is 0 Å². The topological polar surface area (TPSA) is 45.6 Å². The lowest BCUT2D eigenvalue weighted by Gasteiger charge is -2.07. The van der Waals surface area contributed by atoms with Crippen molar-refractivity contribution < 1.29 is 4.74 Å². The van der Waals surface area contributed by atoms with Gasteiger partial charge in [0.25, 0.3) is 0 Å². The summed E-state index contributed by atoms with van der Waals surface area (Å²) < 4.78 is 5.13. The first-order chi connectivity index (χ1) is 11.6. The zero-order chi connectivity index (χ0) is 17.4. The Bertz CT molecular complexity index is 740. The van der Waals surface area contributed by atoms with Crippen molar-refractivity contribution in [1.82, 2.24) is 5.43 Å². The minimum absolute atomic E-state index is 0.412. The van der Waals surface area contributed by atoms with E-state index in [4.69, 9.17) is 28.6 Å². The lowest BCUT2D eigenvalue weighted by molar-refractivity contribution is 0.415. The van der Waals surface area contributed by atoms with Crippen LogP contribution in [0.1, 0.15) is 12.5 Å². The number of halogens is 1. The molecule has 4 nitrogen and oxygen atoms in total. The van der Waals surface area contributed by atoms with Gasteiger partial charge in [-0.2, -0.15) is 5.10 Å². The fourth-order valence-electron chi connectivity index (χ4n) is 1.80. The summed E-state index contributed by atoms with van der Waals surface area (Å²) in [4.78, 5) is 0. The van der Waals surface area contributed by atoms with E-state index in [1.54, 1.807) is 19.2 Å². The minimum atomic E-state index is 0.412. The molecule has 0 saturated heterocycles. The lowest BCUT2D eigenvalue weighted by atomic mass is 10.2. The van der Waals surface area contributed by atoms with Crippen LogP contribution in [0.25, 0.3) is 6.08 Å². The molecule has 124 valence electrons. The number of hydrogen-bond donors (Lipinski definition) is 2. The van der Waals surface area contributed by atoms with Gasteiger partial charge < -0.3 is 10.1 Å². The summed E-state index contributed by atoms with van der Waals surface area (Å²) in [5.41, 5.74) is 5.51. The number of hydrazone groups is 1. The minimum Gasteiger partial charge on any atom is -0.497 e. The largest absolute Gasteiger partial charge is 0.497 e. The number of rotatable bonds is 5. The van der Waals surface area contributed by atoms with Crippen LogP contribution in [0.2, 0.25) is 5.02 Å². The fraction of sp³-hybridized carbons (Fsp3) is 0.111. The molecule has 24 heavy (non-hydrogen) atoms. The number of nitrogens with one attached hydrogen (secondary N) is 2. The first kappa shape index (κ1) is 18.0. The molecule has 2 rings (SSSR count). The molecule has 2 aromatic carbocycles. The number of benzene rings is 2. The molecular formula is C18H18ClN3OS. The van der Waals surface area contributed by atoms with Gasteiger partial charge >= 0.3 is 0 Å². The molecular weight excluding hydrogens is 342 g/mol. The van der Waals surface area contributed by atoms with Gasteiger partial charge in [-0.25, -0.2) is 0 Å². The summed E-state index contributed by atoms with van der Waals surface area (Å²) >= 11 is 11.0. The summed E-state index contributed by atoms with van der Waals surface area (Å²) in [7, 11) is 1.65.